The molecule has 9 heteroatoms. The maximum Gasteiger partial charge on any atom is 0.345 e. The third kappa shape index (κ3) is 6.36. The van der Waals surface area contributed by atoms with Crippen molar-refractivity contribution in [3.8, 4) is 23.0 Å². The predicted octanol–water partition coefficient (Wildman–Crippen LogP) is 5.48. The van der Waals surface area contributed by atoms with Crippen LogP contribution in [0.25, 0.3) is 0 Å². The van der Waals surface area contributed by atoms with Crippen LogP contribution in [0.5, 0.6) is 23.0 Å². The van der Waals surface area contributed by atoms with Crippen LogP contribution >= 0.6 is 11.6 Å². The fourth-order valence-electron chi connectivity index (χ4n) is 3.12. The number of benzene rings is 3. The summed E-state index contributed by atoms with van der Waals surface area (Å²) in [6, 6.07) is 16.5. The van der Waals surface area contributed by atoms with E-state index in [1.807, 2.05) is 18.2 Å². The number of phenolic OH excluding ortho intramolecular Hbond substituents is 2. The minimum absolute atomic E-state index is 0.0489. The van der Waals surface area contributed by atoms with Crippen molar-refractivity contribution in [3.05, 3.63) is 82.4 Å². The van der Waals surface area contributed by atoms with Gasteiger partial charge < -0.3 is 29.2 Å². The molecule has 0 aromatic heterocycles. The SMILES string of the molecule is CC1(C)OC(=O)c2cccc(O)c2O1.CCOC(=O)c1cccc(OCc2ccccc2Cl)c1O. The van der Waals surface area contributed by atoms with Crippen molar-refractivity contribution in [1.29, 1.82) is 0 Å². The van der Waals surface area contributed by atoms with Crippen LogP contribution in [0.3, 0.4) is 0 Å². The van der Waals surface area contributed by atoms with Crippen molar-refractivity contribution >= 4 is 23.5 Å². The Balaban J connectivity index is 0.000000211. The molecule has 1 heterocycles. The number of aromatic hydroxyl groups is 2. The normalized spacial score (nSPS) is 13.3. The zero-order valence-electron chi connectivity index (χ0n) is 19.4. The highest BCUT2D eigenvalue weighted by Crippen LogP contribution is 2.37. The second-order valence-corrected chi connectivity index (χ2v) is 8.21. The predicted molar refractivity (Wildman–Crippen MR) is 128 cm³/mol. The van der Waals surface area contributed by atoms with Gasteiger partial charge in [0.25, 0.3) is 0 Å². The number of phenols is 2. The molecular weight excluding hydrogens is 476 g/mol. The van der Waals surface area contributed by atoms with E-state index in [0.717, 1.165) is 5.56 Å². The summed E-state index contributed by atoms with van der Waals surface area (Å²) in [6.07, 6.45) is 0. The van der Waals surface area contributed by atoms with Gasteiger partial charge in [0.05, 0.1) is 6.61 Å². The first-order chi connectivity index (χ1) is 16.6. The number of para-hydroxylation sites is 2. The van der Waals surface area contributed by atoms with Gasteiger partial charge in [-0.15, -0.1) is 0 Å². The number of esters is 2. The molecule has 8 nitrogen and oxygen atoms in total. The Hall–Kier alpha value is -3.91. The van der Waals surface area contributed by atoms with Crippen LogP contribution in [0.2, 0.25) is 5.02 Å². The highest BCUT2D eigenvalue weighted by molar-refractivity contribution is 6.31. The van der Waals surface area contributed by atoms with E-state index in [-0.39, 0.29) is 47.3 Å². The monoisotopic (exact) mass is 500 g/mol. The van der Waals surface area contributed by atoms with Gasteiger partial charge in [-0.05, 0) is 37.3 Å². The molecule has 3 aromatic rings. The number of halogens is 1. The van der Waals surface area contributed by atoms with Crippen molar-refractivity contribution < 1.29 is 38.7 Å². The molecule has 2 N–H and O–H groups in total. The van der Waals surface area contributed by atoms with Gasteiger partial charge in [0.1, 0.15) is 17.7 Å². The first-order valence-electron chi connectivity index (χ1n) is 10.7. The lowest BCUT2D eigenvalue weighted by Crippen LogP contribution is -2.38. The van der Waals surface area contributed by atoms with Gasteiger partial charge in [-0.25, -0.2) is 9.59 Å². The van der Waals surface area contributed by atoms with Crippen molar-refractivity contribution in [2.75, 3.05) is 6.61 Å². The molecule has 0 aliphatic carbocycles. The molecule has 35 heavy (non-hydrogen) atoms. The van der Waals surface area contributed by atoms with Gasteiger partial charge in [0.15, 0.2) is 23.0 Å². The molecule has 4 rings (SSSR count). The topological polar surface area (TPSA) is 112 Å². The summed E-state index contributed by atoms with van der Waals surface area (Å²) >= 11 is 6.04. The Labute approximate surface area is 207 Å². The molecule has 0 spiro atoms. The number of hydrogen-bond acceptors (Lipinski definition) is 8. The minimum Gasteiger partial charge on any atom is -0.504 e. The van der Waals surface area contributed by atoms with E-state index in [9.17, 15) is 19.8 Å². The summed E-state index contributed by atoms with van der Waals surface area (Å²) < 4.78 is 20.7. The Morgan fingerprint density at radius 1 is 1.00 bits per heavy atom. The number of hydrogen-bond donors (Lipinski definition) is 2. The fourth-order valence-corrected chi connectivity index (χ4v) is 3.31. The molecular formula is C26H25ClO8. The number of cyclic esters (lactones) is 1. The summed E-state index contributed by atoms with van der Waals surface area (Å²) in [5.41, 5.74) is 1.12. The largest absolute Gasteiger partial charge is 0.504 e. The number of carbonyl (C=O) groups is 2. The lowest BCUT2D eigenvalue weighted by molar-refractivity contribution is -0.128. The number of ether oxygens (including phenoxy) is 4. The standard InChI is InChI=1S/C16H15ClO4.C10H10O4/c1-2-20-16(19)12-7-5-9-14(15(12)18)21-10-11-6-3-4-8-13(11)17;1-10(2)13-8-6(9(12)14-10)4-3-5-7(8)11/h3-9,18H,2,10H2,1H3;3-5,11H,1-2H3. The summed E-state index contributed by atoms with van der Waals surface area (Å²) in [7, 11) is 0. The second kappa shape index (κ2) is 11.0. The maximum absolute atomic E-state index is 11.7. The first-order valence-corrected chi connectivity index (χ1v) is 11.1. The van der Waals surface area contributed by atoms with Crippen LogP contribution in [0.15, 0.2) is 60.7 Å². The van der Waals surface area contributed by atoms with E-state index in [1.54, 1.807) is 51.1 Å². The molecule has 0 radical (unpaired) electrons. The van der Waals surface area contributed by atoms with Crippen LogP contribution < -0.4 is 9.47 Å². The van der Waals surface area contributed by atoms with Gasteiger partial charge in [-0.2, -0.15) is 0 Å². The quantitative estimate of drug-likeness (QED) is 0.443. The van der Waals surface area contributed by atoms with E-state index in [1.165, 1.54) is 12.1 Å². The molecule has 0 atom stereocenters. The number of carbonyl (C=O) groups excluding carboxylic acids is 2. The van der Waals surface area contributed by atoms with Crippen LogP contribution in [0.1, 0.15) is 47.1 Å². The van der Waals surface area contributed by atoms with Crippen LogP contribution in [-0.2, 0) is 16.1 Å². The highest BCUT2D eigenvalue weighted by Gasteiger charge is 2.35. The van der Waals surface area contributed by atoms with Crippen molar-refractivity contribution in [1.82, 2.24) is 0 Å². The fraction of sp³-hybridized carbons (Fsp3) is 0.231. The molecule has 1 aliphatic heterocycles. The van der Waals surface area contributed by atoms with Gasteiger partial charge in [0.2, 0.25) is 5.79 Å². The summed E-state index contributed by atoms with van der Waals surface area (Å²) in [4.78, 5) is 23.1. The second-order valence-electron chi connectivity index (χ2n) is 7.80. The van der Waals surface area contributed by atoms with Crippen LogP contribution in [0.4, 0.5) is 0 Å². The van der Waals surface area contributed by atoms with Crippen molar-refractivity contribution in [2.45, 2.75) is 33.2 Å². The lowest BCUT2D eigenvalue weighted by Gasteiger charge is -2.31. The van der Waals surface area contributed by atoms with Crippen LogP contribution in [0, 0.1) is 0 Å². The number of fused-ring (bicyclic) bond motifs is 1. The van der Waals surface area contributed by atoms with Gasteiger partial charge in [-0.3, -0.25) is 0 Å². The maximum atomic E-state index is 11.7. The van der Waals surface area contributed by atoms with Crippen molar-refractivity contribution in [2.24, 2.45) is 0 Å². The molecule has 0 unspecified atom stereocenters. The Morgan fingerprint density at radius 2 is 1.71 bits per heavy atom. The molecule has 0 saturated heterocycles. The molecule has 3 aromatic carbocycles. The van der Waals surface area contributed by atoms with Crippen molar-refractivity contribution in [3.63, 3.8) is 0 Å². The third-order valence-electron chi connectivity index (χ3n) is 4.74. The summed E-state index contributed by atoms with van der Waals surface area (Å²) in [6.45, 7) is 5.36. The van der Waals surface area contributed by atoms with Gasteiger partial charge in [-0.1, -0.05) is 41.9 Å². The molecule has 1 aliphatic rings. The lowest BCUT2D eigenvalue weighted by atomic mass is 10.1. The number of rotatable bonds is 5. The van der Waals surface area contributed by atoms with Gasteiger partial charge >= 0.3 is 11.9 Å². The third-order valence-corrected chi connectivity index (χ3v) is 5.10. The van der Waals surface area contributed by atoms with E-state index >= 15 is 0 Å². The average molecular weight is 501 g/mol. The highest BCUT2D eigenvalue weighted by atomic mass is 35.5. The van der Waals surface area contributed by atoms with E-state index in [4.69, 9.17) is 30.5 Å². The zero-order valence-corrected chi connectivity index (χ0v) is 20.2. The Bertz CT molecular complexity index is 1220. The Morgan fingerprint density at radius 3 is 2.43 bits per heavy atom. The molecule has 184 valence electrons. The van der Waals surface area contributed by atoms with E-state index in [2.05, 4.69) is 0 Å². The minimum atomic E-state index is -1.02. The smallest absolute Gasteiger partial charge is 0.345 e. The molecule has 0 saturated carbocycles. The Kier molecular flexibility index (Phi) is 8.09. The zero-order chi connectivity index (χ0) is 25.6. The van der Waals surface area contributed by atoms with E-state index < -0.39 is 17.7 Å². The van der Waals surface area contributed by atoms with Gasteiger partial charge in [0, 0.05) is 24.4 Å². The van der Waals surface area contributed by atoms with Crippen LogP contribution in [-0.4, -0.2) is 34.5 Å². The first kappa shape index (κ1) is 25.7. The average Bonchev–Trinajstić information content (AvgIpc) is 2.80. The van der Waals surface area contributed by atoms with E-state index in [0.29, 0.717) is 5.02 Å². The summed E-state index contributed by atoms with van der Waals surface area (Å²) in [5, 5.41) is 20.1. The molecule has 0 fully saturated rings. The molecule has 0 bridgehead atoms. The summed E-state index contributed by atoms with van der Waals surface area (Å²) in [5.74, 6) is -1.97. The molecule has 0 amide bonds.